The van der Waals surface area contributed by atoms with Crippen LogP contribution in [0.1, 0.15) is 24.2 Å². The molecule has 0 aliphatic heterocycles. The summed E-state index contributed by atoms with van der Waals surface area (Å²) in [7, 11) is 8.19. The van der Waals surface area contributed by atoms with Crippen LogP contribution in [-0.2, 0) is 4.74 Å². The van der Waals surface area contributed by atoms with Crippen molar-refractivity contribution in [3.05, 3.63) is 77.9 Å². The Morgan fingerprint density at radius 1 is 0.808 bits per heavy atom. The van der Waals surface area contributed by atoms with Crippen molar-refractivity contribution in [1.29, 1.82) is 0 Å². The van der Waals surface area contributed by atoms with E-state index in [1.54, 1.807) is 0 Å². The maximum Gasteiger partial charge on any atom is 0.101 e. The molecule has 2 aromatic rings. The van der Waals surface area contributed by atoms with Gasteiger partial charge in [0.1, 0.15) is 6.10 Å². The van der Waals surface area contributed by atoms with Crippen molar-refractivity contribution >= 4 is 17.5 Å². The minimum atomic E-state index is -0.0306. The first kappa shape index (κ1) is 19.8. The summed E-state index contributed by atoms with van der Waals surface area (Å²) in [5, 5.41) is 0. The van der Waals surface area contributed by atoms with Gasteiger partial charge in [0.25, 0.3) is 0 Å². The maximum absolute atomic E-state index is 5.88. The van der Waals surface area contributed by atoms with E-state index in [-0.39, 0.29) is 6.10 Å². The number of hydrogen-bond donors (Lipinski definition) is 0. The Labute approximate surface area is 158 Å². The highest BCUT2D eigenvalue weighted by molar-refractivity contribution is 5.56. The van der Waals surface area contributed by atoms with Gasteiger partial charge in [-0.15, -0.1) is 0 Å². The van der Waals surface area contributed by atoms with Crippen LogP contribution in [0, 0.1) is 0 Å². The lowest BCUT2D eigenvalue weighted by Crippen LogP contribution is -2.08. The number of ether oxygens (including phenoxy) is 1. The molecule has 0 saturated heterocycles. The van der Waals surface area contributed by atoms with Crippen LogP contribution in [0.2, 0.25) is 0 Å². The van der Waals surface area contributed by atoms with E-state index in [1.807, 2.05) is 35.1 Å². The van der Waals surface area contributed by atoms with Gasteiger partial charge in [-0.2, -0.15) is 0 Å². The van der Waals surface area contributed by atoms with Crippen LogP contribution in [0.15, 0.2) is 66.8 Å². The van der Waals surface area contributed by atoms with Crippen LogP contribution in [0.3, 0.4) is 0 Å². The lowest BCUT2D eigenvalue weighted by atomic mass is 10.1. The van der Waals surface area contributed by atoms with E-state index in [0.29, 0.717) is 6.61 Å². The number of benzene rings is 2. The van der Waals surface area contributed by atoms with Crippen LogP contribution in [0.25, 0.3) is 6.08 Å². The Hall–Kier alpha value is -2.52. The van der Waals surface area contributed by atoms with E-state index in [4.69, 9.17) is 4.74 Å². The summed E-state index contributed by atoms with van der Waals surface area (Å²) >= 11 is 0. The minimum absolute atomic E-state index is 0.0306. The third kappa shape index (κ3) is 5.78. The van der Waals surface area contributed by atoms with Gasteiger partial charge in [0.05, 0.1) is 0 Å². The van der Waals surface area contributed by atoms with Crippen molar-refractivity contribution in [2.45, 2.75) is 13.0 Å². The molecule has 0 heterocycles. The van der Waals surface area contributed by atoms with E-state index in [0.717, 1.165) is 5.56 Å². The quantitative estimate of drug-likeness (QED) is 0.611. The van der Waals surface area contributed by atoms with Crippen LogP contribution >= 0.6 is 0 Å². The molecule has 0 aliphatic carbocycles. The SMILES string of the molecule is CCOC(/C=C/C=C/c1ccc(N(C)C)cc1)c1ccc(N(C)C)cc1. The molecule has 26 heavy (non-hydrogen) atoms. The molecule has 0 bridgehead atoms. The predicted molar refractivity (Wildman–Crippen MR) is 114 cm³/mol. The van der Waals surface area contributed by atoms with Gasteiger partial charge >= 0.3 is 0 Å². The summed E-state index contributed by atoms with van der Waals surface area (Å²) in [6, 6.07) is 17.0. The highest BCUT2D eigenvalue weighted by Crippen LogP contribution is 2.22. The molecule has 1 atom stereocenters. The van der Waals surface area contributed by atoms with Crippen molar-refractivity contribution < 1.29 is 4.74 Å². The zero-order valence-corrected chi connectivity index (χ0v) is 16.5. The molecular weight excluding hydrogens is 320 g/mol. The molecular formula is C23H30N2O. The Kier molecular flexibility index (Phi) is 7.49. The summed E-state index contributed by atoms with van der Waals surface area (Å²) in [5.41, 5.74) is 4.74. The van der Waals surface area contributed by atoms with E-state index in [1.165, 1.54) is 16.9 Å². The topological polar surface area (TPSA) is 15.7 Å². The summed E-state index contributed by atoms with van der Waals surface area (Å²) in [6.07, 6.45) is 8.29. The molecule has 2 rings (SSSR count). The van der Waals surface area contributed by atoms with Gasteiger partial charge in [-0.05, 0) is 42.3 Å². The smallest absolute Gasteiger partial charge is 0.101 e. The summed E-state index contributed by atoms with van der Waals surface area (Å²) in [4.78, 5) is 4.20. The molecule has 1 unspecified atom stereocenters. The van der Waals surface area contributed by atoms with Crippen molar-refractivity contribution in [3.8, 4) is 0 Å². The Bertz CT molecular complexity index is 713. The van der Waals surface area contributed by atoms with Crippen molar-refractivity contribution in [2.24, 2.45) is 0 Å². The van der Waals surface area contributed by atoms with Crippen LogP contribution in [0.5, 0.6) is 0 Å². The van der Waals surface area contributed by atoms with Crippen LogP contribution in [0.4, 0.5) is 11.4 Å². The average molecular weight is 351 g/mol. The molecule has 0 spiro atoms. The van der Waals surface area contributed by atoms with E-state index in [2.05, 4.69) is 82.6 Å². The molecule has 2 aromatic carbocycles. The monoisotopic (exact) mass is 350 g/mol. The number of allylic oxidation sites excluding steroid dienone is 2. The summed E-state index contributed by atoms with van der Waals surface area (Å²) in [6.45, 7) is 2.71. The number of rotatable bonds is 8. The van der Waals surface area contributed by atoms with E-state index >= 15 is 0 Å². The van der Waals surface area contributed by atoms with Gasteiger partial charge in [0, 0.05) is 46.2 Å². The minimum Gasteiger partial charge on any atom is -0.378 e. The number of nitrogens with zero attached hydrogens (tertiary/aromatic N) is 2. The second kappa shape index (κ2) is 9.83. The van der Waals surface area contributed by atoms with Crippen molar-refractivity contribution in [1.82, 2.24) is 0 Å². The lowest BCUT2D eigenvalue weighted by molar-refractivity contribution is 0.0968. The third-order valence-electron chi connectivity index (χ3n) is 4.18. The fraction of sp³-hybridized carbons (Fsp3) is 0.304. The Morgan fingerprint density at radius 3 is 1.85 bits per heavy atom. The lowest BCUT2D eigenvalue weighted by Gasteiger charge is -2.16. The largest absolute Gasteiger partial charge is 0.378 e. The number of anilines is 2. The standard InChI is InChI=1S/C23H30N2O/c1-6-26-23(20-13-17-22(18-14-20)25(4)5)10-8-7-9-19-11-15-21(16-12-19)24(2)3/h7-18,23H,6H2,1-5H3/b9-7+,10-8+. The molecule has 3 nitrogen and oxygen atoms in total. The van der Waals surface area contributed by atoms with Gasteiger partial charge in [0.15, 0.2) is 0 Å². The molecule has 0 radical (unpaired) electrons. The maximum atomic E-state index is 5.88. The highest BCUT2D eigenvalue weighted by atomic mass is 16.5. The summed E-state index contributed by atoms with van der Waals surface area (Å²) in [5.74, 6) is 0. The summed E-state index contributed by atoms with van der Waals surface area (Å²) < 4.78 is 5.88. The predicted octanol–water partition coefficient (Wildman–Crippen LogP) is 5.17. The van der Waals surface area contributed by atoms with Crippen molar-refractivity contribution in [2.75, 3.05) is 44.6 Å². The van der Waals surface area contributed by atoms with Gasteiger partial charge in [0.2, 0.25) is 0 Å². The Morgan fingerprint density at radius 2 is 1.35 bits per heavy atom. The Balaban J connectivity index is 2.04. The fourth-order valence-electron chi connectivity index (χ4n) is 2.62. The van der Waals surface area contributed by atoms with E-state index in [9.17, 15) is 0 Å². The zero-order chi connectivity index (χ0) is 18.9. The molecule has 3 heteroatoms. The second-order valence-electron chi connectivity index (χ2n) is 6.59. The van der Waals surface area contributed by atoms with Crippen molar-refractivity contribution in [3.63, 3.8) is 0 Å². The first-order chi connectivity index (χ1) is 12.5. The molecule has 0 N–H and O–H groups in total. The zero-order valence-electron chi connectivity index (χ0n) is 16.5. The van der Waals surface area contributed by atoms with Gasteiger partial charge in [-0.1, -0.05) is 48.6 Å². The van der Waals surface area contributed by atoms with Crippen LogP contribution < -0.4 is 9.80 Å². The molecule has 0 saturated carbocycles. The fourth-order valence-corrected chi connectivity index (χ4v) is 2.62. The molecule has 0 aromatic heterocycles. The molecule has 0 amide bonds. The van der Waals surface area contributed by atoms with Crippen LogP contribution in [-0.4, -0.2) is 34.8 Å². The van der Waals surface area contributed by atoms with Gasteiger partial charge < -0.3 is 14.5 Å². The first-order valence-electron chi connectivity index (χ1n) is 9.02. The molecule has 138 valence electrons. The van der Waals surface area contributed by atoms with E-state index < -0.39 is 0 Å². The second-order valence-corrected chi connectivity index (χ2v) is 6.59. The molecule has 0 aliphatic rings. The highest BCUT2D eigenvalue weighted by Gasteiger charge is 2.07. The average Bonchev–Trinajstić information content (AvgIpc) is 2.64. The number of hydrogen-bond acceptors (Lipinski definition) is 3. The van der Waals surface area contributed by atoms with Gasteiger partial charge in [-0.25, -0.2) is 0 Å². The normalized spacial score (nSPS) is 12.7. The molecule has 0 fully saturated rings. The first-order valence-corrected chi connectivity index (χ1v) is 9.02. The third-order valence-corrected chi connectivity index (χ3v) is 4.18. The van der Waals surface area contributed by atoms with Gasteiger partial charge in [-0.3, -0.25) is 0 Å².